The summed E-state index contributed by atoms with van der Waals surface area (Å²) in [4.78, 5) is 12.4. The Kier molecular flexibility index (Phi) is 5.80. The Morgan fingerprint density at radius 1 is 1.38 bits per heavy atom. The molecule has 1 aliphatic carbocycles. The Hall–Kier alpha value is -1.82. The van der Waals surface area contributed by atoms with Gasteiger partial charge in [0.05, 0.1) is 13.2 Å². The number of methoxy groups -OCH3 is 1. The highest BCUT2D eigenvalue weighted by atomic mass is 16.5. The van der Waals surface area contributed by atoms with Crippen LogP contribution in [0.1, 0.15) is 56.4 Å². The summed E-state index contributed by atoms with van der Waals surface area (Å²) in [5, 5.41) is 9.34. The summed E-state index contributed by atoms with van der Waals surface area (Å²) in [6.07, 6.45) is 7.83. The van der Waals surface area contributed by atoms with Crippen LogP contribution >= 0.6 is 0 Å². The predicted molar refractivity (Wildman–Crippen MR) is 82.2 cm³/mol. The largest absolute Gasteiger partial charge is 0.497 e. The Bertz CT molecular complexity index is 512. The molecule has 2 rings (SSSR count). The molecule has 0 amide bonds. The molecular formula is C18H23NO2. The fraction of sp³-hybridized carbons (Fsp3) is 0.556. The minimum atomic E-state index is -0.663. The van der Waals surface area contributed by atoms with Crippen molar-refractivity contribution in [1.29, 1.82) is 5.26 Å². The van der Waals surface area contributed by atoms with Crippen molar-refractivity contribution in [3.63, 3.8) is 0 Å². The lowest BCUT2D eigenvalue weighted by atomic mass is 9.84. The van der Waals surface area contributed by atoms with Crippen LogP contribution in [0.25, 0.3) is 0 Å². The molecule has 1 aromatic carbocycles. The average Bonchev–Trinajstić information content (AvgIpc) is 2.55. The van der Waals surface area contributed by atoms with Gasteiger partial charge in [0.15, 0.2) is 5.78 Å². The molecule has 1 saturated carbocycles. The lowest BCUT2D eigenvalue weighted by Crippen LogP contribution is -2.14. The molecule has 0 bridgehead atoms. The third kappa shape index (κ3) is 4.32. The summed E-state index contributed by atoms with van der Waals surface area (Å²) < 4.78 is 5.16. The van der Waals surface area contributed by atoms with Gasteiger partial charge in [0, 0.05) is 6.42 Å². The maximum Gasteiger partial charge on any atom is 0.154 e. The minimum Gasteiger partial charge on any atom is -0.497 e. The second-order valence-corrected chi connectivity index (χ2v) is 5.85. The van der Waals surface area contributed by atoms with Crippen LogP contribution in [0.15, 0.2) is 24.3 Å². The molecule has 112 valence electrons. The van der Waals surface area contributed by atoms with Gasteiger partial charge >= 0.3 is 0 Å². The van der Waals surface area contributed by atoms with E-state index in [4.69, 9.17) is 4.74 Å². The van der Waals surface area contributed by atoms with Crippen molar-refractivity contribution in [3.05, 3.63) is 29.8 Å². The van der Waals surface area contributed by atoms with Gasteiger partial charge in [0.2, 0.25) is 0 Å². The van der Waals surface area contributed by atoms with Crippen molar-refractivity contribution >= 4 is 5.78 Å². The molecular weight excluding hydrogens is 262 g/mol. The summed E-state index contributed by atoms with van der Waals surface area (Å²) in [5.74, 6) is 0.736. The Balaban J connectivity index is 1.96. The van der Waals surface area contributed by atoms with Crippen molar-refractivity contribution < 1.29 is 9.53 Å². The molecule has 0 N–H and O–H groups in total. The standard InChI is InChI=1S/C18H23NO2/c1-21-16-9-5-8-15(12-16)17(13-19)18(20)11-10-14-6-3-2-4-7-14/h5,8-9,12,14,17H,2-4,6-7,10-11H2,1H3. The van der Waals surface area contributed by atoms with E-state index in [9.17, 15) is 10.1 Å². The molecule has 0 spiro atoms. The maximum atomic E-state index is 12.4. The SMILES string of the molecule is COc1cccc(C(C#N)C(=O)CCC2CCCCC2)c1. The van der Waals surface area contributed by atoms with E-state index in [-0.39, 0.29) is 5.78 Å². The van der Waals surface area contributed by atoms with Crippen LogP contribution in [0.5, 0.6) is 5.75 Å². The van der Waals surface area contributed by atoms with Gasteiger partial charge in [-0.15, -0.1) is 0 Å². The van der Waals surface area contributed by atoms with E-state index >= 15 is 0 Å². The molecule has 0 radical (unpaired) electrons. The molecule has 0 saturated heterocycles. The number of rotatable bonds is 6. The van der Waals surface area contributed by atoms with Gasteiger partial charge in [-0.25, -0.2) is 0 Å². The number of ether oxygens (including phenoxy) is 1. The Labute approximate surface area is 126 Å². The molecule has 1 atom stereocenters. The summed E-state index contributed by atoms with van der Waals surface area (Å²) in [7, 11) is 1.59. The monoisotopic (exact) mass is 285 g/mol. The number of carbonyl (C=O) groups is 1. The Morgan fingerprint density at radius 3 is 2.81 bits per heavy atom. The van der Waals surface area contributed by atoms with Crippen molar-refractivity contribution in [2.45, 2.75) is 50.9 Å². The van der Waals surface area contributed by atoms with Crippen LogP contribution in [0.4, 0.5) is 0 Å². The molecule has 1 unspecified atom stereocenters. The average molecular weight is 285 g/mol. The van der Waals surface area contributed by atoms with E-state index in [1.807, 2.05) is 18.2 Å². The van der Waals surface area contributed by atoms with E-state index in [0.29, 0.717) is 18.1 Å². The molecule has 1 fully saturated rings. The van der Waals surface area contributed by atoms with E-state index in [2.05, 4.69) is 6.07 Å². The number of ketones is 1. The highest BCUT2D eigenvalue weighted by Crippen LogP contribution is 2.29. The van der Waals surface area contributed by atoms with Crippen molar-refractivity contribution in [2.24, 2.45) is 5.92 Å². The number of hydrogen-bond acceptors (Lipinski definition) is 3. The van der Waals surface area contributed by atoms with Gasteiger partial charge in [-0.3, -0.25) is 4.79 Å². The van der Waals surface area contributed by atoms with E-state index in [1.54, 1.807) is 13.2 Å². The number of nitrogens with zero attached hydrogens (tertiary/aromatic N) is 1. The van der Waals surface area contributed by atoms with Crippen LogP contribution in [-0.2, 0) is 4.79 Å². The second-order valence-electron chi connectivity index (χ2n) is 5.85. The van der Waals surface area contributed by atoms with E-state index in [0.717, 1.165) is 12.0 Å². The molecule has 0 aliphatic heterocycles. The van der Waals surface area contributed by atoms with Gasteiger partial charge in [-0.1, -0.05) is 44.2 Å². The fourth-order valence-corrected chi connectivity index (χ4v) is 3.12. The molecule has 21 heavy (non-hydrogen) atoms. The number of carbonyl (C=O) groups excluding carboxylic acids is 1. The Morgan fingerprint density at radius 2 is 2.14 bits per heavy atom. The smallest absolute Gasteiger partial charge is 0.154 e. The minimum absolute atomic E-state index is 0.0383. The highest BCUT2D eigenvalue weighted by Gasteiger charge is 2.22. The fourth-order valence-electron chi connectivity index (χ4n) is 3.12. The number of benzene rings is 1. The van der Waals surface area contributed by atoms with Gasteiger partial charge in [-0.2, -0.15) is 5.26 Å². The third-order valence-electron chi connectivity index (χ3n) is 4.40. The summed E-state index contributed by atoms with van der Waals surface area (Å²) in [6, 6.07) is 9.41. The van der Waals surface area contributed by atoms with Gasteiger partial charge < -0.3 is 4.74 Å². The van der Waals surface area contributed by atoms with Crippen molar-refractivity contribution in [3.8, 4) is 11.8 Å². The zero-order valence-electron chi connectivity index (χ0n) is 12.7. The summed E-state index contributed by atoms with van der Waals surface area (Å²) in [6.45, 7) is 0. The zero-order valence-corrected chi connectivity index (χ0v) is 12.7. The van der Waals surface area contributed by atoms with Crippen LogP contribution in [0.3, 0.4) is 0 Å². The van der Waals surface area contributed by atoms with Crippen LogP contribution in [0, 0.1) is 17.2 Å². The van der Waals surface area contributed by atoms with E-state index in [1.165, 1.54) is 32.1 Å². The number of hydrogen-bond donors (Lipinski definition) is 0. The van der Waals surface area contributed by atoms with Crippen LogP contribution < -0.4 is 4.74 Å². The third-order valence-corrected chi connectivity index (χ3v) is 4.40. The highest BCUT2D eigenvalue weighted by molar-refractivity contribution is 5.88. The molecule has 3 nitrogen and oxygen atoms in total. The van der Waals surface area contributed by atoms with Gasteiger partial charge in [0.1, 0.15) is 11.7 Å². The molecule has 0 heterocycles. The predicted octanol–water partition coefficient (Wildman–Crippen LogP) is 4.23. The molecule has 1 aromatic rings. The zero-order chi connectivity index (χ0) is 15.1. The quantitative estimate of drug-likeness (QED) is 0.785. The topological polar surface area (TPSA) is 50.1 Å². The van der Waals surface area contributed by atoms with E-state index < -0.39 is 5.92 Å². The van der Waals surface area contributed by atoms with Gasteiger partial charge in [0.25, 0.3) is 0 Å². The first-order valence-electron chi connectivity index (χ1n) is 7.81. The van der Waals surface area contributed by atoms with Crippen LogP contribution in [0.2, 0.25) is 0 Å². The molecule has 3 heteroatoms. The second kappa shape index (κ2) is 7.83. The lowest BCUT2D eigenvalue weighted by Gasteiger charge is -2.21. The first-order chi connectivity index (χ1) is 10.2. The first kappa shape index (κ1) is 15.6. The summed E-state index contributed by atoms with van der Waals surface area (Å²) >= 11 is 0. The number of nitriles is 1. The molecule has 0 aromatic heterocycles. The van der Waals surface area contributed by atoms with Crippen molar-refractivity contribution in [2.75, 3.05) is 7.11 Å². The first-order valence-corrected chi connectivity index (χ1v) is 7.81. The maximum absolute atomic E-state index is 12.4. The van der Waals surface area contributed by atoms with Crippen molar-refractivity contribution in [1.82, 2.24) is 0 Å². The summed E-state index contributed by atoms with van der Waals surface area (Å²) in [5.41, 5.74) is 0.741. The van der Waals surface area contributed by atoms with Crippen LogP contribution in [-0.4, -0.2) is 12.9 Å². The van der Waals surface area contributed by atoms with Gasteiger partial charge in [-0.05, 0) is 30.0 Å². The molecule has 1 aliphatic rings. The normalized spacial score (nSPS) is 17.0. The number of Topliss-reactive ketones (excluding diaryl/α,β-unsaturated/α-hetero) is 1. The lowest BCUT2D eigenvalue weighted by molar-refractivity contribution is -0.119.